The molecule has 1 rings (SSSR count). The van der Waals surface area contributed by atoms with Gasteiger partial charge in [-0.25, -0.2) is 0 Å². The molecule has 246 valence electrons. The molecule has 0 unspecified atom stereocenters. The van der Waals surface area contributed by atoms with Gasteiger partial charge in [0.2, 0.25) is 0 Å². The third-order valence-corrected chi connectivity index (χ3v) is 10.1. The molecule has 0 N–H and O–H groups in total. The van der Waals surface area contributed by atoms with Gasteiger partial charge in [0.15, 0.2) is 0 Å². The van der Waals surface area contributed by atoms with Crippen molar-refractivity contribution in [3.8, 4) is 0 Å². The highest BCUT2D eigenvalue weighted by atomic mass is 31.2. The van der Waals surface area contributed by atoms with Crippen LogP contribution in [-0.4, -0.2) is 0 Å². The van der Waals surface area contributed by atoms with Crippen LogP contribution in [0.15, 0.2) is 18.2 Å². The molecule has 0 fully saturated rings. The van der Waals surface area contributed by atoms with Gasteiger partial charge in [-0.05, 0) is 49.7 Å². The zero-order chi connectivity index (χ0) is 30.6. The zero-order valence-corrected chi connectivity index (χ0v) is 29.0. The van der Waals surface area contributed by atoms with Crippen LogP contribution >= 0.6 is 7.60 Å². The summed E-state index contributed by atoms with van der Waals surface area (Å²) >= 11 is 0. The lowest BCUT2D eigenvalue weighted by molar-refractivity contribution is -0.308. The Kier molecular flexibility index (Phi) is 26.2. The SMILES string of the molecule is CCCCCCCCCCCCCCCCc1cccc(P(=O)([O-])[O-])c1CCCCCCCCCCCCCCCC. The van der Waals surface area contributed by atoms with E-state index in [1.807, 2.05) is 0 Å². The van der Waals surface area contributed by atoms with Crippen LogP contribution in [0.1, 0.15) is 205 Å². The Balaban J connectivity index is 2.20. The molecule has 0 aromatic heterocycles. The number of rotatable bonds is 31. The number of hydrogen-bond donors (Lipinski definition) is 0. The van der Waals surface area contributed by atoms with Crippen LogP contribution in [0.2, 0.25) is 0 Å². The second-order valence-corrected chi connectivity index (χ2v) is 14.6. The molecule has 0 aliphatic rings. The molecule has 4 heteroatoms. The number of unbranched alkanes of at least 4 members (excludes halogenated alkanes) is 26. The fourth-order valence-corrected chi connectivity index (χ4v) is 7.26. The van der Waals surface area contributed by atoms with E-state index in [9.17, 15) is 14.4 Å². The monoisotopic (exact) mass is 604 g/mol. The maximum Gasteiger partial charge on any atom is -0.0122 e. The summed E-state index contributed by atoms with van der Waals surface area (Å²) in [4.78, 5) is 24.1. The molecule has 0 saturated carbocycles. The summed E-state index contributed by atoms with van der Waals surface area (Å²) in [7, 11) is -4.74. The van der Waals surface area contributed by atoms with Gasteiger partial charge in [-0.15, -0.1) is 0 Å². The minimum Gasteiger partial charge on any atom is -0.807 e. The van der Waals surface area contributed by atoms with Crippen LogP contribution < -0.4 is 15.1 Å². The lowest BCUT2D eigenvalue weighted by Crippen LogP contribution is -2.28. The van der Waals surface area contributed by atoms with Crippen molar-refractivity contribution in [3.05, 3.63) is 29.3 Å². The maximum atomic E-state index is 12.0. The van der Waals surface area contributed by atoms with Crippen molar-refractivity contribution in [1.29, 1.82) is 0 Å². The standard InChI is InChI=1S/C38H71O3P/c1-3-5-7-9-11-13-15-17-19-21-23-25-27-29-32-36-33-31-35-38(42(39,40)41)37(36)34-30-28-26-24-22-20-18-16-14-12-10-8-6-4-2/h31,33,35H,3-30,32,34H2,1-2H3,(H2,39,40,41)/p-2. The van der Waals surface area contributed by atoms with Gasteiger partial charge in [-0.1, -0.05) is 199 Å². The summed E-state index contributed by atoms with van der Waals surface area (Å²) in [5.41, 5.74) is 1.91. The van der Waals surface area contributed by atoms with Crippen LogP contribution in [0.5, 0.6) is 0 Å². The van der Waals surface area contributed by atoms with E-state index in [0.717, 1.165) is 43.2 Å². The Morgan fingerprint density at radius 3 is 1.10 bits per heavy atom. The fraction of sp³-hybridized carbons (Fsp3) is 0.842. The van der Waals surface area contributed by atoms with E-state index in [-0.39, 0.29) is 5.30 Å². The van der Waals surface area contributed by atoms with Crippen LogP contribution in [0.3, 0.4) is 0 Å². The van der Waals surface area contributed by atoms with Crippen LogP contribution in [-0.2, 0) is 17.4 Å². The molecule has 0 radical (unpaired) electrons. The van der Waals surface area contributed by atoms with Gasteiger partial charge in [-0.2, -0.15) is 0 Å². The average molecular weight is 605 g/mol. The summed E-state index contributed by atoms with van der Waals surface area (Å²) in [5, 5.41) is 0.0556. The van der Waals surface area contributed by atoms with E-state index in [4.69, 9.17) is 0 Å². The molecule has 0 heterocycles. The van der Waals surface area contributed by atoms with Gasteiger partial charge in [0, 0.05) is 0 Å². The molecule has 0 spiro atoms. The molecule has 3 nitrogen and oxygen atoms in total. The fourth-order valence-electron chi connectivity index (χ4n) is 6.41. The summed E-state index contributed by atoms with van der Waals surface area (Å²) in [6.45, 7) is 4.55. The molecular weight excluding hydrogens is 535 g/mol. The van der Waals surface area contributed by atoms with Gasteiger partial charge in [0.1, 0.15) is 0 Å². The molecule has 1 aromatic rings. The Hall–Kier alpha value is -0.630. The predicted molar refractivity (Wildman–Crippen MR) is 182 cm³/mol. The quantitative estimate of drug-likeness (QED) is 0.0625. The van der Waals surface area contributed by atoms with E-state index in [0.29, 0.717) is 0 Å². The van der Waals surface area contributed by atoms with Gasteiger partial charge in [0.25, 0.3) is 0 Å². The molecule has 0 aliphatic heterocycles. The highest BCUT2D eigenvalue weighted by Crippen LogP contribution is 2.28. The first-order valence-electron chi connectivity index (χ1n) is 18.6. The zero-order valence-electron chi connectivity index (χ0n) is 28.1. The van der Waals surface area contributed by atoms with Crippen molar-refractivity contribution in [3.63, 3.8) is 0 Å². The molecular formula is C38H69O3P-2. The van der Waals surface area contributed by atoms with E-state index in [2.05, 4.69) is 19.9 Å². The Morgan fingerprint density at radius 1 is 0.452 bits per heavy atom. The van der Waals surface area contributed by atoms with Crippen LogP contribution in [0.25, 0.3) is 0 Å². The largest absolute Gasteiger partial charge is 0.807 e. The molecule has 0 saturated heterocycles. The molecule has 0 aliphatic carbocycles. The topological polar surface area (TPSA) is 63.2 Å². The van der Waals surface area contributed by atoms with Crippen LogP contribution in [0.4, 0.5) is 0 Å². The Bertz CT molecular complexity index is 772. The average Bonchev–Trinajstić information content (AvgIpc) is 2.97. The normalized spacial score (nSPS) is 11.9. The van der Waals surface area contributed by atoms with Crippen molar-refractivity contribution in [1.82, 2.24) is 0 Å². The maximum absolute atomic E-state index is 12.0. The molecule has 42 heavy (non-hydrogen) atoms. The molecule has 1 aromatic carbocycles. The summed E-state index contributed by atoms with van der Waals surface area (Å²) in [6, 6.07) is 5.36. The van der Waals surface area contributed by atoms with Crippen molar-refractivity contribution < 1.29 is 14.4 Å². The van der Waals surface area contributed by atoms with Crippen molar-refractivity contribution >= 4 is 12.9 Å². The summed E-state index contributed by atoms with van der Waals surface area (Å²) in [6.07, 6.45) is 38.6. The van der Waals surface area contributed by atoms with Crippen molar-refractivity contribution in [2.45, 2.75) is 206 Å². The first-order valence-corrected chi connectivity index (χ1v) is 20.2. The smallest absolute Gasteiger partial charge is 0.0122 e. The minimum atomic E-state index is -4.74. The summed E-state index contributed by atoms with van der Waals surface area (Å²) < 4.78 is 12.0. The lowest BCUT2D eigenvalue weighted by atomic mass is 9.96. The van der Waals surface area contributed by atoms with E-state index >= 15 is 0 Å². The van der Waals surface area contributed by atoms with Crippen LogP contribution in [0, 0.1) is 0 Å². The Labute approximate surface area is 262 Å². The van der Waals surface area contributed by atoms with E-state index < -0.39 is 7.60 Å². The number of hydrogen-bond acceptors (Lipinski definition) is 3. The minimum absolute atomic E-state index is 0.0556. The second kappa shape index (κ2) is 27.9. The highest BCUT2D eigenvalue weighted by molar-refractivity contribution is 7.57. The number of aryl methyl sites for hydroxylation is 1. The van der Waals surface area contributed by atoms with Gasteiger partial charge < -0.3 is 14.4 Å². The third kappa shape index (κ3) is 22.0. The molecule has 0 amide bonds. The third-order valence-electron chi connectivity index (χ3n) is 9.12. The molecule has 0 atom stereocenters. The number of benzene rings is 1. The van der Waals surface area contributed by atoms with E-state index in [1.165, 1.54) is 167 Å². The van der Waals surface area contributed by atoms with Gasteiger partial charge in [-0.3, -0.25) is 0 Å². The van der Waals surface area contributed by atoms with Crippen molar-refractivity contribution in [2.75, 3.05) is 0 Å². The summed E-state index contributed by atoms with van der Waals surface area (Å²) in [5.74, 6) is 0. The first kappa shape index (κ1) is 39.4. The Morgan fingerprint density at radius 2 is 0.762 bits per heavy atom. The predicted octanol–water partition coefficient (Wildman–Crippen LogP) is 11.3. The first-order chi connectivity index (χ1) is 20.5. The molecule has 0 bridgehead atoms. The van der Waals surface area contributed by atoms with Gasteiger partial charge >= 0.3 is 0 Å². The van der Waals surface area contributed by atoms with Crippen molar-refractivity contribution in [2.24, 2.45) is 0 Å². The van der Waals surface area contributed by atoms with Gasteiger partial charge in [0.05, 0.1) is 0 Å². The highest BCUT2D eigenvalue weighted by Gasteiger charge is 2.11. The van der Waals surface area contributed by atoms with E-state index in [1.54, 1.807) is 6.07 Å². The second-order valence-electron chi connectivity index (χ2n) is 13.1. The lowest BCUT2D eigenvalue weighted by Gasteiger charge is -2.33.